The number of fused-ring (bicyclic) bond motifs is 1. The molecule has 0 atom stereocenters. The lowest BCUT2D eigenvalue weighted by atomic mass is 9.74. The Bertz CT molecular complexity index is 995. The first-order valence-electron chi connectivity index (χ1n) is 6.72. The van der Waals surface area contributed by atoms with Crippen LogP contribution in [0.25, 0.3) is 0 Å². The van der Waals surface area contributed by atoms with Gasteiger partial charge in [0.15, 0.2) is 5.36 Å². The lowest BCUT2D eigenvalue weighted by Crippen LogP contribution is -2.83. The summed E-state index contributed by atoms with van der Waals surface area (Å²) in [7, 11) is 0. The zero-order valence-corrected chi connectivity index (χ0v) is 13.2. The summed E-state index contributed by atoms with van der Waals surface area (Å²) in [5, 5.41) is 6.97. The first kappa shape index (κ1) is 20.5. The molecule has 0 unspecified atom stereocenters. The molecule has 0 amide bonds. The summed E-state index contributed by atoms with van der Waals surface area (Å²) in [5.41, 5.74) is -6.90. The Kier molecular flexibility index (Phi) is 3.70. The lowest BCUT2D eigenvalue weighted by molar-refractivity contribution is -0.466. The van der Waals surface area contributed by atoms with Crippen molar-refractivity contribution in [3.8, 4) is 0 Å². The summed E-state index contributed by atoms with van der Waals surface area (Å²) < 4.78 is 138. The van der Waals surface area contributed by atoms with E-state index in [-0.39, 0.29) is 0 Å². The van der Waals surface area contributed by atoms with Crippen LogP contribution in [0.15, 0.2) is 22.1 Å². The maximum absolute atomic E-state index is 14.3. The molecule has 3 rings (SSSR count). The molecule has 0 saturated heterocycles. The molecule has 0 bridgehead atoms. The SMILES string of the molecule is O=[N+]([O-])c1ccc(Cl)c2c1=NC1(N=2)C(F)(F)C(F)(F)C(F)(F)C(F)(F)C1(F)F. The van der Waals surface area contributed by atoms with Gasteiger partial charge in [-0.2, -0.15) is 43.9 Å². The molecular formula is C12H2ClF10N3O2. The average Bonchev–Trinajstić information content (AvgIpc) is 2.96. The van der Waals surface area contributed by atoms with E-state index in [1.54, 1.807) is 0 Å². The Balaban J connectivity index is 2.53. The maximum atomic E-state index is 14.3. The number of nitro benzene ring substituents is 1. The Hall–Kier alpha value is -2.19. The maximum Gasteiger partial charge on any atom is 0.384 e. The Morgan fingerprint density at radius 2 is 1.14 bits per heavy atom. The van der Waals surface area contributed by atoms with Crippen LogP contribution in [0, 0.1) is 10.1 Å². The molecular weight excluding hydrogens is 444 g/mol. The number of nitrogens with zero attached hydrogens (tertiary/aromatic N) is 3. The van der Waals surface area contributed by atoms with Gasteiger partial charge in [0.1, 0.15) is 5.36 Å². The van der Waals surface area contributed by atoms with Crippen LogP contribution >= 0.6 is 11.6 Å². The number of benzene rings is 1. The van der Waals surface area contributed by atoms with Gasteiger partial charge < -0.3 is 0 Å². The molecule has 16 heteroatoms. The van der Waals surface area contributed by atoms with E-state index in [0.29, 0.717) is 12.1 Å². The molecule has 154 valence electrons. The van der Waals surface area contributed by atoms with Crippen LogP contribution in [0.2, 0.25) is 5.02 Å². The van der Waals surface area contributed by atoms with E-state index in [1.165, 1.54) is 0 Å². The predicted molar refractivity (Wildman–Crippen MR) is 67.9 cm³/mol. The van der Waals surface area contributed by atoms with Gasteiger partial charge in [-0.3, -0.25) is 10.1 Å². The molecule has 1 aromatic rings. The molecule has 28 heavy (non-hydrogen) atoms. The van der Waals surface area contributed by atoms with E-state index in [0.717, 1.165) is 0 Å². The van der Waals surface area contributed by atoms with E-state index < -0.39 is 61.6 Å². The van der Waals surface area contributed by atoms with Crippen molar-refractivity contribution in [3.05, 3.63) is 38.0 Å². The number of nitro groups is 1. The minimum Gasteiger partial charge on any atom is -0.258 e. The van der Waals surface area contributed by atoms with Gasteiger partial charge in [0, 0.05) is 6.07 Å². The minimum atomic E-state index is -7.21. The average molecular weight is 446 g/mol. The van der Waals surface area contributed by atoms with Crippen molar-refractivity contribution in [1.82, 2.24) is 0 Å². The second kappa shape index (κ2) is 5.04. The van der Waals surface area contributed by atoms with Crippen molar-refractivity contribution >= 4 is 17.3 Å². The molecule has 5 nitrogen and oxygen atoms in total. The Morgan fingerprint density at radius 1 is 0.750 bits per heavy atom. The third-order valence-corrected chi connectivity index (χ3v) is 4.58. The summed E-state index contributed by atoms with van der Waals surface area (Å²) in [4.78, 5) is 14.1. The molecule has 1 aliphatic heterocycles. The zero-order valence-electron chi connectivity index (χ0n) is 12.5. The van der Waals surface area contributed by atoms with Crippen LogP contribution in [0.3, 0.4) is 0 Å². The zero-order chi connectivity index (χ0) is 21.7. The van der Waals surface area contributed by atoms with Crippen LogP contribution in [-0.2, 0) is 0 Å². The molecule has 1 aromatic carbocycles. The third kappa shape index (κ3) is 1.81. The van der Waals surface area contributed by atoms with Gasteiger partial charge in [-0.05, 0) is 6.07 Å². The minimum absolute atomic E-state index is 0.420. The quantitative estimate of drug-likeness (QED) is 0.378. The number of hydrogen-bond acceptors (Lipinski definition) is 4. The molecule has 0 aromatic heterocycles. The monoisotopic (exact) mass is 445 g/mol. The summed E-state index contributed by atoms with van der Waals surface area (Å²) in [6.45, 7) is 0. The fourth-order valence-corrected chi connectivity index (χ4v) is 2.96. The van der Waals surface area contributed by atoms with Crippen LogP contribution < -0.4 is 10.7 Å². The van der Waals surface area contributed by atoms with Crippen LogP contribution in [0.1, 0.15) is 0 Å². The summed E-state index contributed by atoms with van der Waals surface area (Å²) in [6, 6.07) is 0.962. The molecule has 1 fully saturated rings. The van der Waals surface area contributed by atoms with E-state index in [1.807, 2.05) is 0 Å². The predicted octanol–water partition coefficient (Wildman–Crippen LogP) is 3.39. The highest BCUT2D eigenvalue weighted by atomic mass is 35.5. The van der Waals surface area contributed by atoms with Gasteiger partial charge in [0.2, 0.25) is 0 Å². The molecule has 1 aliphatic carbocycles. The molecule has 0 N–H and O–H groups in total. The van der Waals surface area contributed by atoms with Crippen molar-refractivity contribution < 1.29 is 48.8 Å². The molecule has 1 spiro atoms. The summed E-state index contributed by atoms with van der Waals surface area (Å²) in [6.07, 6.45) is 0. The lowest BCUT2D eigenvalue weighted by Gasteiger charge is -2.51. The number of non-ortho nitro benzene ring substituents is 1. The second-order valence-electron chi connectivity index (χ2n) is 5.79. The smallest absolute Gasteiger partial charge is 0.258 e. The standard InChI is InChI=1S/C12H2ClF10N3O2/c13-3-1-2-4(26(27)28)6-5(3)24-12(25-6)10(20,21)8(16,17)7(14,15)9(18,19)11(12,22)23/h1-2H. The fraction of sp³-hybridized carbons (Fsp3) is 0.500. The van der Waals surface area contributed by atoms with Gasteiger partial charge >= 0.3 is 29.6 Å². The molecule has 2 aliphatic rings. The van der Waals surface area contributed by atoms with Crippen molar-refractivity contribution in [2.24, 2.45) is 9.98 Å². The van der Waals surface area contributed by atoms with Crippen LogP contribution in [-0.4, -0.2) is 40.2 Å². The van der Waals surface area contributed by atoms with Gasteiger partial charge in [0.25, 0.3) is 11.4 Å². The Morgan fingerprint density at radius 3 is 1.57 bits per heavy atom. The van der Waals surface area contributed by atoms with Gasteiger partial charge in [-0.15, -0.1) is 0 Å². The highest BCUT2D eigenvalue weighted by Crippen LogP contribution is 2.69. The first-order valence-corrected chi connectivity index (χ1v) is 7.10. The number of alkyl halides is 10. The van der Waals surface area contributed by atoms with Gasteiger partial charge in [0.05, 0.1) is 9.95 Å². The number of rotatable bonds is 1. The van der Waals surface area contributed by atoms with Gasteiger partial charge in [-0.25, -0.2) is 9.98 Å². The number of hydrogen-bond donors (Lipinski definition) is 0. The third-order valence-electron chi connectivity index (χ3n) is 4.28. The van der Waals surface area contributed by atoms with Gasteiger partial charge in [-0.1, -0.05) is 11.6 Å². The highest BCUT2D eigenvalue weighted by Gasteiger charge is 3.01. The Labute approximate surface area is 150 Å². The highest BCUT2D eigenvalue weighted by molar-refractivity contribution is 6.30. The van der Waals surface area contributed by atoms with E-state index in [2.05, 4.69) is 9.98 Å². The molecule has 0 radical (unpaired) electrons. The molecule has 1 saturated carbocycles. The normalized spacial score (nSPS) is 26.8. The fourth-order valence-electron chi connectivity index (χ4n) is 2.76. The van der Waals surface area contributed by atoms with Crippen molar-refractivity contribution in [2.75, 3.05) is 0 Å². The topological polar surface area (TPSA) is 67.9 Å². The summed E-state index contributed by atoms with van der Waals surface area (Å²) >= 11 is 5.44. The van der Waals surface area contributed by atoms with Crippen molar-refractivity contribution in [1.29, 1.82) is 0 Å². The van der Waals surface area contributed by atoms with Crippen molar-refractivity contribution in [3.63, 3.8) is 0 Å². The van der Waals surface area contributed by atoms with E-state index in [9.17, 15) is 54.0 Å². The summed E-state index contributed by atoms with van der Waals surface area (Å²) in [5.74, 6) is -34.8. The second-order valence-corrected chi connectivity index (χ2v) is 6.20. The largest absolute Gasteiger partial charge is 0.384 e. The first-order chi connectivity index (χ1) is 12.4. The number of halogens is 11. The van der Waals surface area contributed by atoms with Crippen LogP contribution in [0.5, 0.6) is 0 Å². The van der Waals surface area contributed by atoms with E-state index in [4.69, 9.17) is 11.6 Å². The molecule has 1 heterocycles. The van der Waals surface area contributed by atoms with Crippen LogP contribution in [0.4, 0.5) is 49.6 Å². The van der Waals surface area contributed by atoms with Crippen molar-refractivity contribution in [2.45, 2.75) is 35.3 Å². The van der Waals surface area contributed by atoms with E-state index >= 15 is 0 Å².